The quantitative estimate of drug-likeness (QED) is 0.707. The van der Waals surface area contributed by atoms with Crippen LogP contribution >= 0.6 is 0 Å². The Morgan fingerprint density at radius 2 is 1.92 bits per heavy atom. The van der Waals surface area contributed by atoms with Crippen LogP contribution in [-0.4, -0.2) is 27.8 Å². The third-order valence-electron chi connectivity index (χ3n) is 4.89. The number of nitrogens with zero attached hydrogens (tertiary/aromatic N) is 3. The van der Waals surface area contributed by atoms with E-state index in [0.717, 1.165) is 41.1 Å². The van der Waals surface area contributed by atoms with E-state index in [1.807, 2.05) is 41.0 Å². The summed E-state index contributed by atoms with van der Waals surface area (Å²) in [5, 5.41) is 4.69. The third kappa shape index (κ3) is 3.18. The molecule has 0 unspecified atom stereocenters. The number of ether oxygens (including phenoxy) is 2. The van der Waals surface area contributed by atoms with Crippen LogP contribution in [-0.2, 0) is 0 Å². The monoisotopic (exact) mass is 337 g/mol. The first-order valence-electron chi connectivity index (χ1n) is 8.91. The van der Waals surface area contributed by atoms with Crippen LogP contribution in [0.25, 0.3) is 16.9 Å². The van der Waals surface area contributed by atoms with Crippen LogP contribution in [0, 0.1) is 6.92 Å². The molecule has 0 spiro atoms. The molecule has 130 valence electrons. The van der Waals surface area contributed by atoms with Gasteiger partial charge in [0, 0.05) is 11.6 Å². The number of methoxy groups -OCH3 is 1. The van der Waals surface area contributed by atoms with Gasteiger partial charge < -0.3 is 9.47 Å². The number of hydrogen-bond donors (Lipinski definition) is 0. The topological polar surface area (TPSA) is 48.7 Å². The highest BCUT2D eigenvalue weighted by atomic mass is 16.5. The van der Waals surface area contributed by atoms with Gasteiger partial charge in [-0.25, -0.2) is 9.50 Å². The van der Waals surface area contributed by atoms with Gasteiger partial charge in [0.25, 0.3) is 0 Å². The van der Waals surface area contributed by atoms with E-state index >= 15 is 0 Å². The highest BCUT2D eigenvalue weighted by Crippen LogP contribution is 2.28. The van der Waals surface area contributed by atoms with Gasteiger partial charge in [-0.15, -0.1) is 5.10 Å². The lowest BCUT2D eigenvalue weighted by Crippen LogP contribution is -2.20. The Morgan fingerprint density at radius 3 is 2.68 bits per heavy atom. The molecule has 3 aromatic rings. The van der Waals surface area contributed by atoms with E-state index in [1.54, 1.807) is 7.11 Å². The van der Waals surface area contributed by atoms with Gasteiger partial charge in [0.15, 0.2) is 5.65 Å². The molecule has 1 aliphatic carbocycles. The van der Waals surface area contributed by atoms with E-state index in [4.69, 9.17) is 14.6 Å². The summed E-state index contributed by atoms with van der Waals surface area (Å²) < 4.78 is 13.3. The fraction of sp³-hybridized carbons (Fsp3) is 0.400. The fourth-order valence-corrected chi connectivity index (χ4v) is 3.51. The van der Waals surface area contributed by atoms with Crippen LogP contribution in [0.5, 0.6) is 11.6 Å². The van der Waals surface area contributed by atoms with Crippen molar-refractivity contribution in [3.05, 3.63) is 42.1 Å². The summed E-state index contributed by atoms with van der Waals surface area (Å²) in [5.74, 6) is 1.52. The molecule has 0 aliphatic heterocycles. The Morgan fingerprint density at radius 1 is 1.08 bits per heavy atom. The van der Waals surface area contributed by atoms with Gasteiger partial charge in [-0.2, -0.15) is 0 Å². The number of aryl methyl sites for hydroxylation is 1. The van der Waals surface area contributed by atoms with Crippen LogP contribution in [0.3, 0.4) is 0 Å². The predicted octanol–water partition coefficient (Wildman–Crippen LogP) is 4.42. The fourth-order valence-electron chi connectivity index (χ4n) is 3.51. The highest BCUT2D eigenvalue weighted by molar-refractivity contribution is 5.67. The smallest absolute Gasteiger partial charge is 0.232 e. The predicted molar refractivity (Wildman–Crippen MR) is 97.2 cm³/mol. The molecule has 5 nitrogen and oxygen atoms in total. The summed E-state index contributed by atoms with van der Waals surface area (Å²) in [7, 11) is 1.68. The molecule has 0 amide bonds. The van der Waals surface area contributed by atoms with Crippen LogP contribution < -0.4 is 9.47 Å². The molecular formula is C20H23N3O2. The average molecular weight is 337 g/mol. The first-order valence-corrected chi connectivity index (χ1v) is 8.91. The number of fused-ring (bicyclic) bond motifs is 1. The average Bonchev–Trinajstić information content (AvgIpc) is 3.05. The van der Waals surface area contributed by atoms with Crippen molar-refractivity contribution >= 4 is 5.65 Å². The van der Waals surface area contributed by atoms with Gasteiger partial charge >= 0.3 is 0 Å². The van der Waals surface area contributed by atoms with Crippen molar-refractivity contribution in [2.45, 2.75) is 45.1 Å². The number of benzene rings is 1. The Labute approximate surface area is 147 Å². The van der Waals surface area contributed by atoms with Crippen molar-refractivity contribution < 1.29 is 9.47 Å². The maximum atomic E-state index is 6.11. The minimum absolute atomic E-state index is 0.286. The van der Waals surface area contributed by atoms with Crippen molar-refractivity contribution in [1.29, 1.82) is 0 Å². The van der Waals surface area contributed by atoms with E-state index in [-0.39, 0.29) is 6.10 Å². The molecule has 1 aliphatic rings. The summed E-state index contributed by atoms with van der Waals surface area (Å²) in [6.45, 7) is 2.07. The maximum Gasteiger partial charge on any atom is 0.232 e. The molecular weight excluding hydrogens is 314 g/mol. The van der Waals surface area contributed by atoms with E-state index in [2.05, 4.69) is 11.9 Å². The first kappa shape index (κ1) is 15.9. The van der Waals surface area contributed by atoms with Crippen molar-refractivity contribution in [1.82, 2.24) is 14.6 Å². The van der Waals surface area contributed by atoms with Crippen LogP contribution in [0.1, 0.15) is 37.7 Å². The Kier molecular flexibility index (Phi) is 4.30. The molecule has 0 atom stereocenters. The van der Waals surface area contributed by atoms with Crippen molar-refractivity contribution in [3.63, 3.8) is 0 Å². The molecule has 0 N–H and O–H groups in total. The van der Waals surface area contributed by atoms with Crippen molar-refractivity contribution in [2.24, 2.45) is 0 Å². The lowest BCUT2D eigenvalue weighted by atomic mass is 9.98. The molecule has 0 radical (unpaired) electrons. The summed E-state index contributed by atoms with van der Waals surface area (Å²) in [6.07, 6.45) is 8.19. The zero-order valence-corrected chi connectivity index (χ0v) is 14.7. The normalized spacial score (nSPS) is 15.4. The third-order valence-corrected chi connectivity index (χ3v) is 4.89. The summed E-state index contributed by atoms with van der Waals surface area (Å²) in [4.78, 5) is 4.48. The lowest BCUT2D eigenvalue weighted by Gasteiger charge is -2.22. The molecule has 1 fully saturated rings. The van der Waals surface area contributed by atoms with Crippen LogP contribution in [0.15, 0.2) is 36.5 Å². The second-order valence-corrected chi connectivity index (χ2v) is 6.64. The van der Waals surface area contributed by atoms with E-state index in [1.165, 1.54) is 19.3 Å². The number of rotatable bonds is 4. The van der Waals surface area contributed by atoms with Gasteiger partial charge in [-0.05, 0) is 62.4 Å². The Balaban J connectivity index is 1.69. The molecule has 4 rings (SSSR count). The molecule has 0 bridgehead atoms. The SMILES string of the molecule is COc1ccc(-c2cnc3ccc(OC4CCCCC4)nn23)c(C)c1. The van der Waals surface area contributed by atoms with E-state index in [0.29, 0.717) is 5.88 Å². The van der Waals surface area contributed by atoms with Gasteiger partial charge in [0.1, 0.15) is 11.9 Å². The van der Waals surface area contributed by atoms with Gasteiger partial charge in [-0.1, -0.05) is 6.42 Å². The van der Waals surface area contributed by atoms with Crippen LogP contribution in [0.4, 0.5) is 0 Å². The molecule has 1 saturated carbocycles. The Hall–Kier alpha value is -2.56. The lowest BCUT2D eigenvalue weighted by molar-refractivity contribution is 0.147. The maximum absolute atomic E-state index is 6.11. The Bertz CT molecular complexity index is 882. The summed E-state index contributed by atoms with van der Waals surface area (Å²) in [5.41, 5.74) is 4.00. The van der Waals surface area contributed by atoms with Gasteiger partial charge in [0.05, 0.1) is 19.0 Å². The molecule has 0 saturated heterocycles. The minimum Gasteiger partial charge on any atom is -0.497 e. The summed E-state index contributed by atoms with van der Waals surface area (Å²) in [6, 6.07) is 9.92. The minimum atomic E-state index is 0.286. The second kappa shape index (κ2) is 6.75. The molecule has 2 heterocycles. The molecule has 5 heteroatoms. The number of hydrogen-bond acceptors (Lipinski definition) is 4. The van der Waals surface area contributed by atoms with E-state index < -0.39 is 0 Å². The number of imidazole rings is 1. The molecule has 1 aromatic carbocycles. The first-order chi connectivity index (χ1) is 12.2. The summed E-state index contributed by atoms with van der Waals surface area (Å²) >= 11 is 0. The van der Waals surface area contributed by atoms with Crippen molar-refractivity contribution in [2.75, 3.05) is 7.11 Å². The zero-order valence-electron chi connectivity index (χ0n) is 14.7. The second-order valence-electron chi connectivity index (χ2n) is 6.64. The van der Waals surface area contributed by atoms with Crippen molar-refractivity contribution in [3.8, 4) is 22.9 Å². The largest absolute Gasteiger partial charge is 0.497 e. The van der Waals surface area contributed by atoms with E-state index in [9.17, 15) is 0 Å². The molecule has 2 aromatic heterocycles. The number of aromatic nitrogens is 3. The van der Waals surface area contributed by atoms with Gasteiger partial charge in [-0.3, -0.25) is 0 Å². The zero-order chi connectivity index (χ0) is 17.2. The highest BCUT2D eigenvalue weighted by Gasteiger charge is 2.17. The standard InChI is InChI=1S/C20H23N3O2/c1-14-12-16(24-2)8-9-17(14)18-13-21-19-10-11-20(22-23(18)19)25-15-6-4-3-5-7-15/h8-13,15H,3-7H2,1-2H3. The molecule has 25 heavy (non-hydrogen) atoms. The van der Waals surface area contributed by atoms with Crippen LogP contribution in [0.2, 0.25) is 0 Å². The van der Waals surface area contributed by atoms with Gasteiger partial charge in [0.2, 0.25) is 5.88 Å².